The molecule has 2 aromatic carbocycles. The van der Waals surface area contributed by atoms with E-state index in [0.29, 0.717) is 5.02 Å². The summed E-state index contributed by atoms with van der Waals surface area (Å²) >= 11 is 6.69. The van der Waals surface area contributed by atoms with Gasteiger partial charge in [0.25, 0.3) is 0 Å². The number of pyridine rings is 1. The second-order valence-corrected chi connectivity index (χ2v) is 11.7. The zero-order chi connectivity index (χ0) is 29.6. The number of aryl methyl sites for hydroxylation is 4. The van der Waals surface area contributed by atoms with E-state index in [9.17, 15) is 0 Å². The van der Waals surface area contributed by atoms with E-state index < -0.39 is 0 Å². The van der Waals surface area contributed by atoms with Gasteiger partial charge in [-0.1, -0.05) is 101 Å². The van der Waals surface area contributed by atoms with E-state index in [1.807, 2.05) is 12.1 Å². The number of aromatic nitrogens is 1. The predicted octanol–water partition coefficient (Wildman–Crippen LogP) is 2.40. The minimum Gasteiger partial charge on any atom is -1.00 e. The van der Waals surface area contributed by atoms with Crippen LogP contribution in [0.1, 0.15) is 127 Å². The van der Waals surface area contributed by atoms with E-state index in [2.05, 4.69) is 77.9 Å². The molecule has 45 heavy (non-hydrogen) atoms. The van der Waals surface area contributed by atoms with E-state index >= 15 is 0 Å². The first-order valence-corrected chi connectivity index (χ1v) is 16.3. The minimum absolute atomic E-state index is 0. The summed E-state index contributed by atoms with van der Waals surface area (Å²) < 4.78 is 0. The molecule has 0 fully saturated rings. The van der Waals surface area contributed by atoms with Gasteiger partial charge >= 0.3 is 0 Å². The quantitative estimate of drug-likeness (QED) is 0.209. The molecule has 0 saturated carbocycles. The predicted molar refractivity (Wildman–Crippen MR) is 180 cm³/mol. The van der Waals surface area contributed by atoms with Crippen molar-refractivity contribution in [1.29, 1.82) is 0 Å². The van der Waals surface area contributed by atoms with Crippen molar-refractivity contribution in [2.75, 3.05) is 0 Å². The molecule has 8 heteroatoms. The topological polar surface area (TPSA) is 37.6 Å². The van der Waals surface area contributed by atoms with E-state index in [0.717, 1.165) is 85.6 Å². The summed E-state index contributed by atoms with van der Waals surface area (Å²) in [6, 6.07) is 17.2. The maximum absolute atomic E-state index is 6.69. The van der Waals surface area contributed by atoms with Crippen molar-refractivity contribution in [2.45, 2.75) is 119 Å². The van der Waals surface area contributed by atoms with E-state index in [4.69, 9.17) is 26.6 Å². The smallest absolute Gasteiger partial charge is 0.0864 e. The molecule has 1 aromatic heterocycles. The average Bonchev–Trinajstić information content (AvgIpc) is 2.98. The molecule has 249 valence electrons. The van der Waals surface area contributed by atoms with Crippen LogP contribution < -0.4 is 37.2 Å². The number of nitrogens with zero attached hydrogens (tertiary/aromatic N) is 3. The second kappa shape index (κ2) is 24.8. The fourth-order valence-corrected chi connectivity index (χ4v) is 5.38. The third-order valence-corrected chi connectivity index (χ3v) is 7.91. The number of para-hydroxylation sites is 2. The maximum Gasteiger partial charge on any atom is 0.0864 e. The van der Waals surface area contributed by atoms with Crippen molar-refractivity contribution >= 4 is 34.4 Å². The summed E-state index contributed by atoms with van der Waals surface area (Å²) in [5, 5.41) is 0.657. The van der Waals surface area contributed by atoms with Crippen LogP contribution in [-0.4, -0.2) is 16.4 Å². The SMILES string of the molecule is CCCCc1cccc(CCCC)c1N=C(C)c1cc(Cl)cc(C(C)=Nc2c(CCCC)cccc2CCCC)n1.[Cl-].[Cl-].[Cl-].[V]. The largest absolute Gasteiger partial charge is 1.00 e. The summed E-state index contributed by atoms with van der Waals surface area (Å²) in [7, 11) is 0. The van der Waals surface area contributed by atoms with Gasteiger partial charge < -0.3 is 37.2 Å². The molecule has 0 aliphatic carbocycles. The van der Waals surface area contributed by atoms with Gasteiger partial charge in [0.05, 0.1) is 34.2 Å². The number of rotatable bonds is 16. The van der Waals surface area contributed by atoms with Gasteiger partial charge in [0.2, 0.25) is 0 Å². The number of hydrogen-bond donors (Lipinski definition) is 0. The Balaban J connectivity index is 0. The Kier molecular flexibility index (Phi) is 25.2. The molecule has 1 radical (unpaired) electrons. The summed E-state index contributed by atoms with van der Waals surface area (Å²) in [5.41, 5.74) is 10.9. The Labute approximate surface area is 309 Å². The van der Waals surface area contributed by atoms with Gasteiger partial charge in [0.15, 0.2) is 0 Å². The standard InChI is InChI=1S/C37H50ClN3.3ClH.V/c1-7-11-17-29-21-15-22-30(18-12-8-2)36(29)39-27(5)34-25-33(38)26-35(41-34)28(6)40-37-31(19-13-9-3)23-16-24-32(37)20-14-10-4;;;;/h15-16,21-26H,7-14,17-20H2,1-6H3;3*1H;/p-3. The van der Waals surface area contributed by atoms with Crippen molar-refractivity contribution < 1.29 is 55.8 Å². The van der Waals surface area contributed by atoms with Gasteiger partial charge in [-0.25, -0.2) is 4.98 Å². The minimum atomic E-state index is 0. The number of benzene rings is 2. The molecule has 0 unspecified atom stereocenters. The second-order valence-electron chi connectivity index (χ2n) is 11.2. The fraction of sp³-hybridized carbons (Fsp3) is 0.486. The van der Waals surface area contributed by atoms with Crippen LogP contribution in [0.25, 0.3) is 0 Å². The van der Waals surface area contributed by atoms with Crippen LogP contribution in [0.5, 0.6) is 0 Å². The van der Waals surface area contributed by atoms with E-state index in [-0.39, 0.29) is 55.8 Å². The first-order chi connectivity index (χ1) is 19.9. The summed E-state index contributed by atoms with van der Waals surface area (Å²) in [4.78, 5) is 15.5. The molecular weight excluding hydrogens is 679 g/mol. The van der Waals surface area contributed by atoms with Crippen LogP contribution >= 0.6 is 11.6 Å². The van der Waals surface area contributed by atoms with Crippen LogP contribution in [0, 0.1) is 0 Å². The van der Waals surface area contributed by atoms with Gasteiger partial charge in [-0.05, 0) is 99.6 Å². The van der Waals surface area contributed by atoms with Gasteiger partial charge in [-0.15, -0.1) is 0 Å². The third kappa shape index (κ3) is 14.1. The molecule has 0 N–H and O–H groups in total. The summed E-state index contributed by atoms with van der Waals surface area (Å²) in [6.45, 7) is 13.1. The molecule has 0 amide bonds. The molecule has 0 spiro atoms. The normalized spacial score (nSPS) is 11.2. The molecule has 0 aliphatic rings. The van der Waals surface area contributed by atoms with Gasteiger partial charge in [-0.3, -0.25) is 9.98 Å². The Morgan fingerprint density at radius 1 is 0.578 bits per heavy atom. The van der Waals surface area contributed by atoms with Gasteiger partial charge in [0, 0.05) is 23.6 Å². The molecule has 3 rings (SSSR count). The zero-order valence-corrected chi connectivity index (χ0v) is 32.3. The Morgan fingerprint density at radius 3 is 1.13 bits per heavy atom. The van der Waals surface area contributed by atoms with E-state index in [1.54, 1.807) is 0 Å². The maximum atomic E-state index is 6.69. The van der Waals surface area contributed by atoms with Gasteiger partial charge in [0.1, 0.15) is 0 Å². The van der Waals surface area contributed by atoms with Gasteiger partial charge in [-0.2, -0.15) is 0 Å². The Morgan fingerprint density at radius 2 is 0.867 bits per heavy atom. The van der Waals surface area contributed by atoms with Crippen LogP contribution in [0.2, 0.25) is 5.02 Å². The van der Waals surface area contributed by atoms with Crippen molar-refractivity contribution in [1.82, 2.24) is 4.98 Å². The van der Waals surface area contributed by atoms with Crippen molar-refractivity contribution in [2.24, 2.45) is 9.98 Å². The molecule has 3 nitrogen and oxygen atoms in total. The molecule has 1 heterocycles. The van der Waals surface area contributed by atoms with Crippen LogP contribution in [-0.2, 0) is 44.2 Å². The van der Waals surface area contributed by atoms with Crippen LogP contribution in [0.15, 0.2) is 58.5 Å². The number of halogens is 4. The molecule has 0 saturated heterocycles. The van der Waals surface area contributed by atoms with Crippen LogP contribution in [0.3, 0.4) is 0 Å². The summed E-state index contributed by atoms with van der Waals surface area (Å²) in [6.07, 6.45) is 13.5. The Hall–Kier alpha value is -1.33. The van der Waals surface area contributed by atoms with Crippen molar-refractivity contribution in [3.63, 3.8) is 0 Å². The molecular formula is C37H50Cl4N3V-3. The molecule has 0 aliphatic heterocycles. The zero-order valence-electron chi connectivity index (χ0n) is 27.9. The Bertz CT molecular complexity index is 1190. The first kappa shape index (κ1) is 45.8. The van der Waals surface area contributed by atoms with Crippen molar-refractivity contribution in [3.05, 3.63) is 87.2 Å². The van der Waals surface area contributed by atoms with Crippen molar-refractivity contribution in [3.8, 4) is 0 Å². The van der Waals surface area contributed by atoms with E-state index in [1.165, 1.54) is 47.9 Å². The number of unbranched alkanes of at least 4 members (excludes halogenated alkanes) is 4. The molecule has 0 bridgehead atoms. The van der Waals surface area contributed by atoms with Crippen LogP contribution in [0.4, 0.5) is 11.4 Å². The average molecular weight is 730 g/mol. The number of hydrogen-bond acceptors (Lipinski definition) is 3. The molecule has 0 atom stereocenters. The monoisotopic (exact) mass is 727 g/mol. The first-order valence-electron chi connectivity index (χ1n) is 15.9. The third-order valence-electron chi connectivity index (χ3n) is 7.70. The molecule has 3 aromatic rings. The number of aliphatic imine (C=N–C) groups is 2. The summed E-state index contributed by atoms with van der Waals surface area (Å²) in [5.74, 6) is 0. The fourth-order valence-electron chi connectivity index (χ4n) is 5.17.